The maximum atomic E-state index is 10.3. The normalized spacial score (nSPS) is 9.00. The Bertz CT molecular complexity index is 406. The molecule has 0 bridgehead atoms. The van der Waals surface area contributed by atoms with Crippen molar-refractivity contribution < 1.29 is 14.6 Å². The summed E-state index contributed by atoms with van der Waals surface area (Å²) in [6, 6.07) is 6.98. The number of carboxylic acid groups (broad SMARTS) is 1. The average Bonchev–Trinajstić information content (AvgIpc) is 2.88. The van der Waals surface area contributed by atoms with Gasteiger partial charge in [0.05, 0.1) is 19.9 Å². The van der Waals surface area contributed by atoms with Crippen molar-refractivity contribution in [3.8, 4) is 5.75 Å². The highest BCUT2D eigenvalue weighted by atomic mass is 16.5. The van der Waals surface area contributed by atoms with Crippen molar-refractivity contribution in [2.45, 2.75) is 6.42 Å². The second kappa shape index (κ2) is 7.05. The van der Waals surface area contributed by atoms with Crippen molar-refractivity contribution in [1.29, 1.82) is 0 Å². The molecule has 0 unspecified atom stereocenters. The molecule has 5 heteroatoms. The molecular weight excluding hydrogens is 220 g/mol. The number of ether oxygens (including phenoxy) is 1. The minimum absolute atomic E-state index is 0.0595. The number of benzene rings is 1. The van der Waals surface area contributed by atoms with E-state index < -0.39 is 5.97 Å². The fourth-order valence-electron chi connectivity index (χ4n) is 1.13. The predicted octanol–water partition coefficient (Wildman–Crippen LogP) is 1.73. The van der Waals surface area contributed by atoms with E-state index >= 15 is 0 Å². The number of H-pyrrole nitrogens is 1. The number of methoxy groups -OCH3 is 1. The van der Waals surface area contributed by atoms with Crippen LogP contribution in [0.4, 0.5) is 0 Å². The number of hydrogen-bond donors (Lipinski definition) is 2. The van der Waals surface area contributed by atoms with Crippen molar-refractivity contribution in [2.75, 3.05) is 7.11 Å². The second-order valence-electron chi connectivity index (χ2n) is 3.18. The molecule has 0 aliphatic carbocycles. The van der Waals surface area contributed by atoms with Crippen molar-refractivity contribution in [3.63, 3.8) is 0 Å². The van der Waals surface area contributed by atoms with Gasteiger partial charge >= 0.3 is 5.97 Å². The summed E-state index contributed by atoms with van der Waals surface area (Å²) in [5.41, 5.74) is 0.781. The van der Waals surface area contributed by atoms with Crippen LogP contribution in [0.2, 0.25) is 0 Å². The lowest BCUT2D eigenvalue weighted by Gasteiger charge is -1.99. The predicted molar refractivity (Wildman–Crippen MR) is 62.9 cm³/mol. The van der Waals surface area contributed by atoms with Gasteiger partial charge in [-0.05, 0) is 17.7 Å². The van der Waals surface area contributed by atoms with Gasteiger partial charge in [0.2, 0.25) is 0 Å². The summed E-state index contributed by atoms with van der Waals surface area (Å²) < 4.78 is 4.93. The van der Waals surface area contributed by atoms with Crippen LogP contribution in [0.1, 0.15) is 5.56 Å². The zero-order chi connectivity index (χ0) is 12.5. The SMILES string of the molecule is COc1ccc(CC(=O)O)cc1.c1c[nH]cn1. The van der Waals surface area contributed by atoms with E-state index in [9.17, 15) is 4.79 Å². The van der Waals surface area contributed by atoms with Crippen LogP contribution in [-0.2, 0) is 11.2 Å². The zero-order valence-electron chi connectivity index (χ0n) is 9.46. The minimum atomic E-state index is -0.819. The van der Waals surface area contributed by atoms with Crippen LogP contribution >= 0.6 is 0 Å². The number of nitrogens with zero attached hydrogens (tertiary/aromatic N) is 1. The monoisotopic (exact) mass is 234 g/mol. The minimum Gasteiger partial charge on any atom is -0.497 e. The number of carboxylic acids is 1. The first-order chi connectivity index (χ1) is 8.22. The van der Waals surface area contributed by atoms with E-state index in [1.54, 1.807) is 50.1 Å². The molecule has 0 aliphatic heterocycles. The molecule has 1 aromatic carbocycles. The lowest BCUT2D eigenvalue weighted by atomic mass is 10.1. The molecule has 90 valence electrons. The number of hydrogen-bond acceptors (Lipinski definition) is 3. The zero-order valence-corrected chi connectivity index (χ0v) is 9.46. The van der Waals surface area contributed by atoms with Gasteiger partial charge in [-0.1, -0.05) is 12.1 Å². The average molecular weight is 234 g/mol. The number of aliphatic carboxylic acids is 1. The molecule has 0 fully saturated rings. The third kappa shape index (κ3) is 5.36. The van der Waals surface area contributed by atoms with E-state index in [2.05, 4.69) is 9.97 Å². The molecule has 2 rings (SSSR count). The van der Waals surface area contributed by atoms with Gasteiger partial charge in [0, 0.05) is 12.4 Å². The van der Waals surface area contributed by atoms with Crippen LogP contribution in [0.5, 0.6) is 5.75 Å². The quantitative estimate of drug-likeness (QED) is 0.848. The molecule has 1 heterocycles. The summed E-state index contributed by atoms with van der Waals surface area (Å²) in [4.78, 5) is 16.7. The first-order valence-corrected chi connectivity index (χ1v) is 5.00. The lowest BCUT2D eigenvalue weighted by molar-refractivity contribution is -0.136. The highest BCUT2D eigenvalue weighted by Gasteiger charge is 1.99. The molecule has 5 nitrogen and oxygen atoms in total. The van der Waals surface area contributed by atoms with E-state index in [4.69, 9.17) is 9.84 Å². The van der Waals surface area contributed by atoms with Crippen molar-refractivity contribution in [2.24, 2.45) is 0 Å². The number of rotatable bonds is 3. The third-order valence-corrected chi connectivity index (χ3v) is 1.92. The largest absolute Gasteiger partial charge is 0.497 e. The summed E-state index contributed by atoms with van der Waals surface area (Å²) in [6.45, 7) is 0. The van der Waals surface area contributed by atoms with Gasteiger partial charge in [-0.2, -0.15) is 0 Å². The summed E-state index contributed by atoms with van der Waals surface area (Å²) in [5.74, 6) is -0.0793. The van der Waals surface area contributed by atoms with Crippen LogP contribution in [0.3, 0.4) is 0 Å². The van der Waals surface area contributed by atoms with Crippen LogP contribution in [0, 0.1) is 0 Å². The van der Waals surface area contributed by atoms with Gasteiger partial charge < -0.3 is 14.8 Å². The van der Waals surface area contributed by atoms with Gasteiger partial charge in [-0.25, -0.2) is 4.98 Å². The molecule has 2 N–H and O–H groups in total. The topological polar surface area (TPSA) is 75.2 Å². The standard InChI is InChI=1S/C9H10O3.C3H4N2/c1-12-8-4-2-7(3-5-8)6-9(10)11;1-2-5-3-4-1/h2-5H,6H2,1H3,(H,10,11);1-3H,(H,4,5). The summed E-state index contributed by atoms with van der Waals surface area (Å²) >= 11 is 0. The molecule has 0 aliphatic rings. The Labute approximate surface area is 99.1 Å². The Morgan fingerprint density at radius 1 is 1.41 bits per heavy atom. The second-order valence-corrected chi connectivity index (χ2v) is 3.18. The molecule has 0 saturated carbocycles. The van der Waals surface area contributed by atoms with Crippen LogP contribution in [-0.4, -0.2) is 28.2 Å². The molecular formula is C12H14N2O3. The Kier molecular flexibility index (Phi) is 5.30. The first kappa shape index (κ1) is 12.8. The van der Waals surface area contributed by atoms with Crippen LogP contribution in [0.15, 0.2) is 43.0 Å². The first-order valence-electron chi connectivity index (χ1n) is 5.00. The molecule has 0 atom stereocenters. The van der Waals surface area contributed by atoms with Gasteiger partial charge in [-0.15, -0.1) is 0 Å². The summed E-state index contributed by atoms with van der Waals surface area (Å²) in [5, 5.41) is 8.46. The van der Waals surface area contributed by atoms with Gasteiger partial charge in [0.15, 0.2) is 0 Å². The van der Waals surface area contributed by atoms with Gasteiger partial charge in [-0.3, -0.25) is 4.79 Å². The van der Waals surface area contributed by atoms with E-state index in [-0.39, 0.29) is 6.42 Å². The number of aromatic nitrogens is 2. The number of carbonyl (C=O) groups is 1. The Morgan fingerprint density at radius 3 is 2.47 bits per heavy atom. The van der Waals surface area contributed by atoms with Gasteiger partial charge in [0.1, 0.15) is 5.75 Å². The third-order valence-electron chi connectivity index (χ3n) is 1.92. The maximum Gasteiger partial charge on any atom is 0.307 e. The molecule has 17 heavy (non-hydrogen) atoms. The van der Waals surface area contributed by atoms with Crippen LogP contribution in [0.25, 0.3) is 0 Å². The Morgan fingerprint density at radius 2 is 2.12 bits per heavy atom. The molecule has 0 saturated heterocycles. The van der Waals surface area contributed by atoms with Gasteiger partial charge in [0.25, 0.3) is 0 Å². The van der Waals surface area contributed by atoms with E-state index in [1.807, 2.05) is 0 Å². The van der Waals surface area contributed by atoms with Crippen molar-refractivity contribution >= 4 is 5.97 Å². The summed E-state index contributed by atoms with van der Waals surface area (Å²) in [7, 11) is 1.58. The van der Waals surface area contributed by atoms with Crippen molar-refractivity contribution in [3.05, 3.63) is 48.5 Å². The van der Waals surface area contributed by atoms with Crippen molar-refractivity contribution in [1.82, 2.24) is 9.97 Å². The number of imidazole rings is 1. The molecule has 0 radical (unpaired) electrons. The van der Waals surface area contributed by atoms with Crippen LogP contribution < -0.4 is 4.74 Å². The Balaban J connectivity index is 0.000000239. The highest BCUT2D eigenvalue weighted by Crippen LogP contribution is 2.11. The number of nitrogens with one attached hydrogen (secondary N) is 1. The van der Waals surface area contributed by atoms with E-state index in [1.165, 1.54) is 0 Å². The lowest BCUT2D eigenvalue weighted by Crippen LogP contribution is -1.99. The maximum absolute atomic E-state index is 10.3. The summed E-state index contributed by atoms with van der Waals surface area (Å²) in [6.07, 6.45) is 5.14. The van der Waals surface area contributed by atoms with E-state index in [0.29, 0.717) is 0 Å². The number of aromatic amines is 1. The molecule has 0 spiro atoms. The Hall–Kier alpha value is -2.30. The fraction of sp³-hybridized carbons (Fsp3) is 0.167. The molecule has 2 aromatic rings. The fourth-order valence-corrected chi connectivity index (χ4v) is 1.13. The molecule has 0 amide bonds. The smallest absolute Gasteiger partial charge is 0.307 e. The highest BCUT2D eigenvalue weighted by molar-refractivity contribution is 5.70. The molecule has 1 aromatic heterocycles. The van der Waals surface area contributed by atoms with E-state index in [0.717, 1.165) is 11.3 Å².